The molecule has 0 aliphatic heterocycles. The Bertz CT molecular complexity index is 522. The Morgan fingerprint density at radius 2 is 2.17 bits per heavy atom. The second kappa shape index (κ2) is 5.69. The molecule has 0 saturated heterocycles. The third-order valence-corrected chi connectivity index (χ3v) is 3.38. The van der Waals surface area contributed by atoms with Crippen molar-refractivity contribution >= 4 is 17.2 Å². The van der Waals surface area contributed by atoms with Crippen molar-refractivity contribution in [2.45, 2.75) is 19.4 Å². The standard InChI is InChI=1S/C14H15NO2S/c1-10(8-11-6-7-18-9-11)15-14(17)12-4-2-3-5-13(12)16/h2-7,9-10,16H,8H2,1H3,(H,15,17). The first kappa shape index (κ1) is 12.6. The minimum atomic E-state index is -0.240. The lowest BCUT2D eigenvalue weighted by molar-refractivity contribution is 0.0937. The molecule has 1 atom stereocenters. The molecule has 1 heterocycles. The summed E-state index contributed by atoms with van der Waals surface area (Å²) in [6, 6.07) is 8.64. The number of phenols is 1. The van der Waals surface area contributed by atoms with E-state index in [4.69, 9.17) is 0 Å². The smallest absolute Gasteiger partial charge is 0.255 e. The zero-order chi connectivity index (χ0) is 13.0. The number of carbonyl (C=O) groups excluding carboxylic acids is 1. The van der Waals surface area contributed by atoms with Crippen molar-refractivity contribution in [3.63, 3.8) is 0 Å². The van der Waals surface area contributed by atoms with Gasteiger partial charge in [0.1, 0.15) is 5.75 Å². The number of benzene rings is 1. The van der Waals surface area contributed by atoms with Crippen LogP contribution in [0.25, 0.3) is 0 Å². The van der Waals surface area contributed by atoms with Gasteiger partial charge in [-0.15, -0.1) is 0 Å². The summed E-state index contributed by atoms with van der Waals surface area (Å²) in [6.07, 6.45) is 0.794. The Kier molecular flexibility index (Phi) is 3.99. The van der Waals surface area contributed by atoms with Crippen LogP contribution < -0.4 is 5.32 Å². The molecule has 1 unspecified atom stereocenters. The van der Waals surface area contributed by atoms with E-state index in [9.17, 15) is 9.90 Å². The predicted molar refractivity (Wildman–Crippen MR) is 73.1 cm³/mol. The molecule has 0 radical (unpaired) electrons. The molecule has 0 aliphatic rings. The maximum Gasteiger partial charge on any atom is 0.255 e. The zero-order valence-electron chi connectivity index (χ0n) is 10.1. The minimum Gasteiger partial charge on any atom is -0.507 e. The van der Waals surface area contributed by atoms with Gasteiger partial charge in [0.2, 0.25) is 0 Å². The molecule has 0 fully saturated rings. The molecule has 0 saturated carbocycles. The van der Waals surface area contributed by atoms with Crippen molar-refractivity contribution in [1.82, 2.24) is 5.32 Å². The lowest BCUT2D eigenvalue weighted by Crippen LogP contribution is -2.34. The van der Waals surface area contributed by atoms with E-state index in [1.807, 2.05) is 18.4 Å². The number of para-hydroxylation sites is 1. The van der Waals surface area contributed by atoms with Crippen molar-refractivity contribution in [3.05, 3.63) is 52.2 Å². The summed E-state index contributed by atoms with van der Waals surface area (Å²) in [5, 5.41) is 16.6. The quantitative estimate of drug-likeness (QED) is 0.889. The third-order valence-electron chi connectivity index (χ3n) is 2.65. The maximum absolute atomic E-state index is 11.9. The van der Waals surface area contributed by atoms with Gasteiger partial charge in [-0.2, -0.15) is 11.3 Å². The fourth-order valence-electron chi connectivity index (χ4n) is 1.78. The van der Waals surface area contributed by atoms with Crippen LogP contribution in [0.5, 0.6) is 5.75 Å². The van der Waals surface area contributed by atoms with Crippen molar-refractivity contribution < 1.29 is 9.90 Å². The number of amides is 1. The summed E-state index contributed by atoms with van der Waals surface area (Å²) < 4.78 is 0. The Morgan fingerprint density at radius 1 is 1.39 bits per heavy atom. The van der Waals surface area contributed by atoms with Crippen molar-refractivity contribution in [3.8, 4) is 5.75 Å². The summed E-state index contributed by atoms with van der Waals surface area (Å²) in [5.74, 6) is -0.228. The summed E-state index contributed by atoms with van der Waals surface area (Å²) in [5.41, 5.74) is 1.53. The van der Waals surface area contributed by atoms with E-state index in [-0.39, 0.29) is 17.7 Å². The van der Waals surface area contributed by atoms with Gasteiger partial charge in [-0.25, -0.2) is 0 Å². The molecule has 1 aromatic carbocycles. The first-order valence-electron chi connectivity index (χ1n) is 5.76. The summed E-state index contributed by atoms with van der Waals surface area (Å²) in [4.78, 5) is 11.9. The number of hydrogen-bond donors (Lipinski definition) is 2. The van der Waals surface area contributed by atoms with Gasteiger partial charge in [0.15, 0.2) is 0 Å². The van der Waals surface area contributed by atoms with E-state index < -0.39 is 0 Å². The molecule has 1 aromatic heterocycles. The first-order chi connectivity index (χ1) is 8.66. The van der Waals surface area contributed by atoms with Crippen LogP contribution in [0.1, 0.15) is 22.8 Å². The van der Waals surface area contributed by atoms with E-state index in [0.29, 0.717) is 5.56 Å². The van der Waals surface area contributed by atoms with Crippen LogP contribution in [0.4, 0.5) is 0 Å². The van der Waals surface area contributed by atoms with Gasteiger partial charge in [-0.05, 0) is 47.9 Å². The van der Waals surface area contributed by atoms with E-state index in [2.05, 4.69) is 10.7 Å². The average Bonchev–Trinajstić information content (AvgIpc) is 2.82. The minimum absolute atomic E-state index is 0.0118. The second-order valence-electron chi connectivity index (χ2n) is 4.23. The summed E-state index contributed by atoms with van der Waals surface area (Å²) in [7, 11) is 0. The fraction of sp³-hybridized carbons (Fsp3) is 0.214. The maximum atomic E-state index is 11.9. The molecule has 1 amide bonds. The highest BCUT2D eigenvalue weighted by Crippen LogP contribution is 2.16. The van der Waals surface area contributed by atoms with Gasteiger partial charge in [0.25, 0.3) is 5.91 Å². The summed E-state index contributed by atoms with van der Waals surface area (Å²) in [6.45, 7) is 1.95. The van der Waals surface area contributed by atoms with E-state index in [0.717, 1.165) is 6.42 Å². The highest BCUT2D eigenvalue weighted by molar-refractivity contribution is 7.07. The largest absolute Gasteiger partial charge is 0.507 e. The fourth-order valence-corrected chi connectivity index (χ4v) is 2.46. The second-order valence-corrected chi connectivity index (χ2v) is 5.01. The molecule has 3 nitrogen and oxygen atoms in total. The van der Waals surface area contributed by atoms with Crippen molar-refractivity contribution in [2.75, 3.05) is 0 Å². The van der Waals surface area contributed by atoms with Crippen LogP contribution in [-0.4, -0.2) is 17.1 Å². The molecule has 2 rings (SSSR count). The van der Waals surface area contributed by atoms with Gasteiger partial charge in [-0.1, -0.05) is 12.1 Å². The highest BCUT2D eigenvalue weighted by atomic mass is 32.1. The van der Waals surface area contributed by atoms with Gasteiger partial charge >= 0.3 is 0 Å². The van der Waals surface area contributed by atoms with Crippen LogP contribution in [0, 0.1) is 0 Å². The van der Waals surface area contributed by atoms with E-state index in [1.165, 1.54) is 11.6 Å². The molecule has 2 aromatic rings. The number of nitrogens with one attached hydrogen (secondary N) is 1. The Balaban J connectivity index is 1.97. The lowest BCUT2D eigenvalue weighted by atomic mass is 10.1. The predicted octanol–water partition coefficient (Wildman–Crippen LogP) is 2.81. The van der Waals surface area contributed by atoms with Gasteiger partial charge in [0.05, 0.1) is 5.56 Å². The first-order valence-corrected chi connectivity index (χ1v) is 6.71. The van der Waals surface area contributed by atoms with Crippen LogP contribution in [-0.2, 0) is 6.42 Å². The van der Waals surface area contributed by atoms with Crippen LogP contribution in [0.3, 0.4) is 0 Å². The molecule has 4 heteroatoms. The van der Waals surface area contributed by atoms with Gasteiger partial charge < -0.3 is 10.4 Å². The molecule has 0 spiro atoms. The molecule has 94 valence electrons. The van der Waals surface area contributed by atoms with Crippen molar-refractivity contribution in [1.29, 1.82) is 0 Å². The van der Waals surface area contributed by atoms with E-state index in [1.54, 1.807) is 29.5 Å². The Morgan fingerprint density at radius 3 is 2.83 bits per heavy atom. The normalized spacial score (nSPS) is 12.1. The topological polar surface area (TPSA) is 49.3 Å². The highest BCUT2D eigenvalue weighted by Gasteiger charge is 2.13. The number of carbonyl (C=O) groups is 1. The molecule has 0 aliphatic carbocycles. The van der Waals surface area contributed by atoms with Gasteiger partial charge in [0, 0.05) is 6.04 Å². The molecule has 18 heavy (non-hydrogen) atoms. The monoisotopic (exact) mass is 261 g/mol. The third kappa shape index (κ3) is 3.11. The van der Waals surface area contributed by atoms with Crippen molar-refractivity contribution in [2.24, 2.45) is 0 Å². The molecule has 2 N–H and O–H groups in total. The Hall–Kier alpha value is -1.81. The van der Waals surface area contributed by atoms with Gasteiger partial charge in [-0.3, -0.25) is 4.79 Å². The number of thiophene rings is 1. The average molecular weight is 261 g/mol. The molecular formula is C14H15NO2S. The van der Waals surface area contributed by atoms with E-state index >= 15 is 0 Å². The number of phenolic OH excluding ortho intramolecular Hbond substituents is 1. The number of hydrogen-bond acceptors (Lipinski definition) is 3. The van der Waals surface area contributed by atoms with Crippen LogP contribution in [0.2, 0.25) is 0 Å². The molecule has 0 bridgehead atoms. The number of aromatic hydroxyl groups is 1. The van der Waals surface area contributed by atoms with Crippen LogP contribution >= 0.6 is 11.3 Å². The number of rotatable bonds is 4. The summed E-state index contributed by atoms with van der Waals surface area (Å²) >= 11 is 1.65. The zero-order valence-corrected chi connectivity index (χ0v) is 10.9. The van der Waals surface area contributed by atoms with Crippen LogP contribution in [0.15, 0.2) is 41.1 Å². The molecular weight excluding hydrogens is 246 g/mol. The lowest BCUT2D eigenvalue weighted by Gasteiger charge is -2.13. The Labute approximate surface area is 110 Å². The SMILES string of the molecule is CC(Cc1ccsc1)NC(=O)c1ccccc1O.